The van der Waals surface area contributed by atoms with Crippen LogP contribution in [-0.2, 0) is 0 Å². The zero-order valence-corrected chi connectivity index (χ0v) is 12.0. The fraction of sp³-hybridized carbons (Fsp3) is 0.176. The topological polar surface area (TPSA) is 30.7 Å². The molecule has 2 heterocycles. The van der Waals surface area contributed by atoms with E-state index in [2.05, 4.69) is 47.4 Å². The Bertz CT molecular complexity index is 719. The predicted octanol–water partition coefficient (Wildman–Crippen LogP) is 3.86. The van der Waals surface area contributed by atoms with E-state index in [1.54, 1.807) is 6.20 Å². The molecule has 0 fully saturated rings. The summed E-state index contributed by atoms with van der Waals surface area (Å²) >= 11 is 0. The Labute approximate surface area is 118 Å². The second-order valence-electron chi connectivity index (χ2n) is 5.08. The highest BCUT2D eigenvalue weighted by Gasteiger charge is 2.12. The van der Waals surface area contributed by atoms with Gasteiger partial charge in [0.05, 0.1) is 5.69 Å². The molecule has 3 heteroatoms. The van der Waals surface area contributed by atoms with Crippen LogP contribution in [0, 0.1) is 20.8 Å². The molecule has 0 saturated heterocycles. The Morgan fingerprint density at radius 1 is 0.900 bits per heavy atom. The van der Waals surface area contributed by atoms with Crippen LogP contribution >= 0.6 is 0 Å². The van der Waals surface area contributed by atoms with E-state index < -0.39 is 0 Å². The van der Waals surface area contributed by atoms with Crippen molar-refractivity contribution in [3.63, 3.8) is 0 Å². The summed E-state index contributed by atoms with van der Waals surface area (Å²) in [4.78, 5) is 8.87. The number of aromatic nitrogens is 3. The van der Waals surface area contributed by atoms with Gasteiger partial charge in [0.2, 0.25) is 0 Å². The van der Waals surface area contributed by atoms with Gasteiger partial charge in [0.1, 0.15) is 5.69 Å². The van der Waals surface area contributed by atoms with Gasteiger partial charge < -0.3 is 0 Å². The zero-order valence-electron chi connectivity index (χ0n) is 12.0. The Morgan fingerprint density at radius 2 is 1.65 bits per heavy atom. The molecule has 0 amide bonds. The molecule has 0 unspecified atom stereocenters. The molecule has 3 aromatic rings. The minimum Gasteiger partial charge on any atom is -0.298 e. The fourth-order valence-electron chi connectivity index (χ4n) is 2.72. The van der Waals surface area contributed by atoms with Gasteiger partial charge in [0, 0.05) is 18.6 Å². The van der Waals surface area contributed by atoms with Crippen molar-refractivity contribution < 1.29 is 0 Å². The maximum atomic E-state index is 4.47. The largest absolute Gasteiger partial charge is 0.298 e. The second-order valence-corrected chi connectivity index (χ2v) is 5.08. The lowest BCUT2D eigenvalue weighted by molar-refractivity contribution is 1.02. The van der Waals surface area contributed by atoms with Crippen molar-refractivity contribution in [3.8, 4) is 17.2 Å². The lowest BCUT2D eigenvalue weighted by Gasteiger charge is -2.14. The lowest BCUT2D eigenvalue weighted by Crippen LogP contribution is -2.02. The molecule has 2 aromatic heterocycles. The summed E-state index contributed by atoms with van der Waals surface area (Å²) in [7, 11) is 0. The van der Waals surface area contributed by atoms with Gasteiger partial charge >= 0.3 is 0 Å². The Kier molecular flexibility index (Phi) is 3.11. The smallest absolute Gasteiger partial charge is 0.163 e. The molecular weight excluding hydrogens is 246 g/mol. The number of benzene rings is 1. The average molecular weight is 263 g/mol. The minimum atomic E-state index is 0.876. The van der Waals surface area contributed by atoms with Gasteiger partial charge in [-0.2, -0.15) is 0 Å². The number of pyridine rings is 1. The van der Waals surface area contributed by atoms with Gasteiger partial charge in [0.25, 0.3) is 0 Å². The molecule has 0 bridgehead atoms. The maximum absolute atomic E-state index is 4.47. The molecule has 0 N–H and O–H groups in total. The molecule has 3 rings (SSSR count). The SMILES string of the molecule is Cc1cc(C)c(-n2ccnc2-c2ccccn2)c(C)c1. The van der Waals surface area contributed by atoms with Crippen LogP contribution in [0.4, 0.5) is 0 Å². The molecule has 0 spiro atoms. The van der Waals surface area contributed by atoms with Gasteiger partial charge in [-0.1, -0.05) is 23.8 Å². The molecule has 0 aliphatic heterocycles. The van der Waals surface area contributed by atoms with Crippen LogP contribution in [0.25, 0.3) is 17.2 Å². The molecule has 0 saturated carbocycles. The van der Waals surface area contributed by atoms with E-state index in [-0.39, 0.29) is 0 Å². The van der Waals surface area contributed by atoms with E-state index in [9.17, 15) is 0 Å². The van der Waals surface area contributed by atoms with Gasteiger partial charge in [-0.15, -0.1) is 0 Å². The number of hydrogen-bond acceptors (Lipinski definition) is 2. The minimum absolute atomic E-state index is 0.876. The summed E-state index contributed by atoms with van der Waals surface area (Å²) in [5, 5.41) is 0. The summed E-state index contributed by atoms with van der Waals surface area (Å²) in [6, 6.07) is 10.3. The van der Waals surface area contributed by atoms with E-state index in [1.165, 1.54) is 22.4 Å². The molecule has 0 radical (unpaired) electrons. The first-order chi connectivity index (χ1) is 9.66. The number of hydrogen-bond donors (Lipinski definition) is 0. The Hall–Kier alpha value is -2.42. The zero-order chi connectivity index (χ0) is 14.1. The molecule has 0 atom stereocenters. The van der Waals surface area contributed by atoms with Crippen molar-refractivity contribution in [2.45, 2.75) is 20.8 Å². The average Bonchev–Trinajstić information content (AvgIpc) is 2.87. The van der Waals surface area contributed by atoms with Crippen LogP contribution in [0.1, 0.15) is 16.7 Å². The van der Waals surface area contributed by atoms with E-state index in [4.69, 9.17) is 0 Å². The molecule has 1 aromatic carbocycles. The normalized spacial score (nSPS) is 10.8. The Balaban J connectivity index is 2.21. The predicted molar refractivity (Wildman–Crippen MR) is 81.0 cm³/mol. The van der Waals surface area contributed by atoms with Gasteiger partial charge in [0.15, 0.2) is 5.82 Å². The number of imidazole rings is 1. The first-order valence-corrected chi connectivity index (χ1v) is 6.70. The standard InChI is InChI=1S/C17H17N3/c1-12-10-13(2)16(14(3)11-12)20-9-8-19-17(20)15-6-4-5-7-18-15/h4-11H,1-3H3. The van der Waals surface area contributed by atoms with Crippen molar-refractivity contribution >= 4 is 0 Å². The van der Waals surface area contributed by atoms with Crippen molar-refractivity contribution in [2.24, 2.45) is 0 Å². The fourth-order valence-corrected chi connectivity index (χ4v) is 2.72. The lowest BCUT2D eigenvalue weighted by atomic mass is 10.0. The summed E-state index contributed by atoms with van der Waals surface area (Å²) in [5.74, 6) is 0.876. The number of nitrogens with zero attached hydrogens (tertiary/aromatic N) is 3. The monoisotopic (exact) mass is 263 g/mol. The molecule has 100 valence electrons. The van der Waals surface area contributed by atoms with Crippen molar-refractivity contribution in [1.82, 2.24) is 14.5 Å². The Morgan fingerprint density at radius 3 is 2.30 bits per heavy atom. The second kappa shape index (κ2) is 4.93. The van der Waals surface area contributed by atoms with E-state index in [1.807, 2.05) is 30.6 Å². The third kappa shape index (κ3) is 2.11. The highest BCUT2D eigenvalue weighted by molar-refractivity contribution is 5.58. The van der Waals surface area contributed by atoms with Crippen LogP contribution in [0.15, 0.2) is 48.9 Å². The maximum Gasteiger partial charge on any atom is 0.163 e. The summed E-state index contributed by atoms with van der Waals surface area (Å²) in [5.41, 5.74) is 5.85. The van der Waals surface area contributed by atoms with Gasteiger partial charge in [-0.3, -0.25) is 9.55 Å². The van der Waals surface area contributed by atoms with Gasteiger partial charge in [-0.05, 0) is 44.0 Å². The van der Waals surface area contributed by atoms with Crippen LogP contribution in [0.2, 0.25) is 0 Å². The number of rotatable bonds is 2. The van der Waals surface area contributed by atoms with Crippen molar-refractivity contribution in [3.05, 3.63) is 65.6 Å². The van der Waals surface area contributed by atoms with Crippen LogP contribution in [-0.4, -0.2) is 14.5 Å². The third-order valence-corrected chi connectivity index (χ3v) is 3.41. The first kappa shape index (κ1) is 12.6. The summed E-state index contributed by atoms with van der Waals surface area (Å²) < 4.78 is 2.12. The molecular formula is C17H17N3. The van der Waals surface area contributed by atoms with Gasteiger partial charge in [-0.25, -0.2) is 4.98 Å². The van der Waals surface area contributed by atoms with Crippen molar-refractivity contribution in [2.75, 3.05) is 0 Å². The van der Waals surface area contributed by atoms with Crippen LogP contribution in [0.3, 0.4) is 0 Å². The van der Waals surface area contributed by atoms with E-state index >= 15 is 0 Å². The highest BCUT2D eigenvalue weighted by atomic mass is 15.1. The first-order valence-electron chi connectivity index (χ1n) is 6.70. The third-order valence-electron chi connectivity index (χ3n) is 3.41. The quantitative estimate of drug-likeness (QED) is 0.703. The summed E-state index contributed by atoms with van der Waals surface area (Å²) in [6.07, 6.45) is 5.61. The molecule has 0 aliphatic rings. The van der Waals surface area contributed by atoms with E-state index in [0.29, 0.717) is 0 Å². The molecule has 3 nitrogen and oxygen atoms in total. The highest BCUT2D eigenvalue weighted by Crippen LogP contribution is 2.25. The van der Waals surface area contributed by atoms with E-state index in [0.717, 1.165) is 11.5 Å². The number of aryl methyl sites for hydroxylation is 3. The molecule has 20 heavy (non-hydrogen) atoms. The summed E-state index contributed by atoms with van der Waals surface area (Å²) in [6.45, 7) is 6.40. The van der Waals surface area contributed by atoms with Crippen molar-refractivity contribution in [1.29, 1.82) is 0 Å². The van der Waals surface area contributed by atoms with Crippen LogP contribution < -0.4 is 0 Å². The van der Waals surface area contributed by atoms with Crippen LogP contribution in [0.5, 0.6) is 0 Å². The molecule has 0 aliphatic carbocycles.